The summed E-state index contributed by atoms with van der Waals surface area (Å²) in [5, 5.41) is 7.00. The van der Waals surface area contributed by atoms with E-state index in [9.17, 15) is 9.59 Å². The van der Waals surface area contributed by atoms with Crippen LogP contribution in [-0.4, -0.2) is 17.9 Å². The third kappa shape index (κ3) is 6.53. The van der Waals surface area contributed by atoms with Gasteiger partial charge in [0.1, 0.15) is 0 Å². The van der Waals surface area contributed by atoms with Crippen LogP contribution in [0.4, 0.5) is 0 Å². The van der Waals surface area contributed by atoms with E-state index in [4.69, 9.17) is 11.6 Å². The Morgan fingerprint density at radius 1 is 1.26 bits per heavy atom. The zero-order valence-corrected chi connectivity index (χ0v) is 17.5. The fourth-order valence-corrected chi connectivity index (χ4v) is 4.47. The van der Waals surface area contributed by atoms with Crippen LogP contribution in [0, 0.1) is 11.8 Å². The van der Waals surface area contributed by atoms with Crippen molar-refractivity contribution < 1.29 is 9.59 Å². The van der Waals surface area contributed by atoms with Crippen LogP contribution in [-0.2, 0) is 9.59 Å². The number of carbonyl (C=O) groups is 2. The van der Waals surface area contributed by atoms with Crippen molar-refractivity contribution in [2.75, 3.05) is 0 Å². The van der Waals surface area contributed by atoms with Gasteiger partial charge in [0.15, 0.2) is 0 Å². The topological polar surface area (TPSA) is 58.2 Å². The Balaban J connectivity index is 2.13. The molecule has 0 saturated heterocycles. The van der Waals surface area contributed by atoms with E-state index < -0.39 is 0 Å². The lowest BCUT2D eigenvalue weighted by Crippen LogP contribution is -2.43. The van der Waals surface area contributed by atoms with Crippen molar-refractivity contribution in [3.05, 3.63) is 34.9 Å². The highest BCUT2D eigenvalue weighted by molar-refractivity contribution is 6.30. The molecule has 4 nitrogen and oxygen atoms in total. The van der Waals surface area contributed by atoms with E-state index in [1.807, 2.05) is 18.2 Å². The van der Waals surface area contributed by atoms with E-state index in [0.717, 1.165) is 50.5 Å². The number of amides is 2. The Morgan fingerprint density at radius 2 is 2.04 bits per heavy atom. The largest absolute Gasteiger partial charge is 0.354 e. The van der Waals surface area contributed by atoms with Crippen molar-refractivity contribution in [2.24, 2.45) is 11.8 Å². The van der Waals surface area contributed by atoms with Crippen LogP contribution < -0.4 is 10.6 Å². The van der Waals surface area contributed by atoms with Gasteiger partial charge in [-0.15, -0.1) is 0 Å². The van der Waals surface area contributed by atoms with Gasteiger partial charge in [0.05, 0.1) is 6.04 Å². The molecule has 2 rings (SSSR count). The van der Waals surface area contributed by atoms with Crippen molar-refractivity contribution in [1.29, 1.82) is 0 Å². The highest BCUT2D eigenvalue weighted by Gasteiger charge is 2.31. The first-order chi connectivity index (χ1) is 12.9. The highest BCUT2D eigenvalue weighted by atomic mass is 35.5. The van der Waals surface area contributed by atoms with Gasteiger partial charge < -0.3 is 10.6 Å². The Bertz CT molecular complexity index is 634. The first-order valence-corrected chi connectivity index (χ1v) is 10.6. The number of hydrogen-bond donors (Lipinski definition) is 2. The van der Waals surface area contributed by atoms with Gasteiger partial charge in [0.25, 0.3) is 0 Å². The average molecular weight is 393 g/mol. The first-order valence-electron chi connectivity index (χ1n) is 10.3. The first kappa shape index (κ1) is 21.7. The summed E-state index contributed by atoms with van der Waals surface area (Å²) in [5.41, 5.74) is 1.07. The van der Waals surface area contributed by atoms with Crippen LogP contribution in [0.15, 0.2) is 24.3 Å². The standard InChI is InChI=1S/C22H33ClN2O2/c1-4-8-16(5-2)21(17-9-6-11-19(23)13-17)25-22(27)18-10-7-12-20(14-18)24-15(3)26/h6,9,11,13,16,18,20-21H,4-5,7-8,10,12,14H2,1-3H3,(H,24,26)(H,25,27)/t16?,18-,20+,21?/m0/s1. The molecule has 27 heavy (non-hydrogen) atoms. The van der Waals surface area contributed by atoms with Crippen molar-refractivity contribution in [3.63, 3.8) is 0 Å². The highest BCUT2D eigenvalue weighted by Crippen LogP contribution is 2.32. The molecule has 0 heterocycles. The number of carbonyl (C=O) groups excluding carboxylic acids is 2. The maximum atomic E-state index is 13.1. The third-order valence-electron chi connectivity index (χ3n) is 5.61. The van der Waals surface area contributed by atoms with E-state index in [1.165, 1.54) is 6.92 Å². The molecule has 1 saturated carbocycles. The van der Waals surface area contributed by atoms with Gasteiger partial charge in [-0.05, 0) is 49.3 Å². The fraction of sp³-hybridized carbons (Fsp3) is 0.636. The summed E-state index contributed by atoms with van der Waals surface area (Å²) < 4.78 is 0. The molecule has 0 bridgehead atoms. The summed E-state index contributed by atoms with van der Waals surface area (Å²) in [6.45, 7) is 5.89. The molecular formula is C22H33ClN2O2. The molecule has 2 amide bonds. The monoisotopic (exact) mass is 392 g/mol. The molecule has 0 radical (unpaired) electrons. The second kappa shape index (κ2) is 10.7. The summed E-state index contributed by atoms with van der Waals surface area (Å²) in [5.74, 6) is 0.417. The van der Waals surface area contributed by atoms with E-state index >= 15 is 0 Å². The minimum absolute atomic E-state index is 0.0214. The SMILES string of the molecule is CCCC(CC)C(NC(=O)[C@H]1CCC[C@@H](NC(C)=O)C1)c1cccc(Cl)c1. The number of rotatable bonds is 8. The number of nitrogens with one attached hydrogen (secondary N) is 2. The Labute approximate surface area is 168 Å². The van der Waals surface area contributed by atoms with E-state index in [2.05, 4.69) is 30.5 Å². The summed E-state index contributed by atoms with van der Waals surface area (Å²) in [6.07, 6.45) is 6.68. The minimum atomic E-state index is -0.0450. The molecule has 0 spiro atoms. The third-order valence-corrected chi connectivity index (χ3v) is 5.85. The van der Waals surface area contributed by atoms with Gasteiger partial charge in [-0.1, -0.05) is 56.8 Å². The lowest BCUT2D eigenvalue weighted by molar-refractivity contribution is -0.128. The summed E-state index contributed by atoms with van der Waals surface area (Å²) in [4.78, 5) is 24.4. The van der Waals surface area contributed by atoms with Crippen LogP contribution in [0.2, 0.25) is 5.02 Å². The molecule has 1 aliphatic rings. The predicted octanol–water partition coefficient (Wildman–Crippen LogP) is 5.02. The van der Waals surface area contributed by atoms with Crippen molar-refractivity contribution in [1.82, 2.24) is 10.6 Å². The summed E-state index contributed by atoms with van der Waals surface area (Å²) >= 11 is 6.21. The number of halogens is 1. The molecule has 1 fully saturated rings. The zero-order chi connectivity index (χ0) is 19.8. The molecule has 2 unspecified atom stereocenters. The Morgan fingerprint density at radius 3 is 2.67 bits per heavy atom. The van der Waals surface area contributed by atoms with E-state index in [1.54, 1.807) is 0 Å². The minimum Gasteiger partial charge on any atom is -0.354 e. The second-order valence-electron chi connectivity index (χ2n) is 7.76. The molecule has 4 atom stereocenters. The molecular weight excluding hydrogens is 360 g/mol. The second-order valence-corrected chi connectivity index (χ2v) is 8.20. The number of hydrogen-bond acceptors (Lipinski definition) is 2. The van der Waals surface area contributed by atoms with Gasteiger partial charge in [-0.25, -0.2) is 0 Å². The van der Waals surface area contributed by atoms with Crippen LogP contribution in [0.3, 0.4) is 0 Å². The molecule has 5 heteroatoms. The molecule has 150 valence electrons. The Kier molecular flexibility index (Phi) is 8.62. The lowest BCUT2D eigenvalue weighted by atomic mass is 9.83. The van der Waals surface area contributed by atoms with Crippen LogP contribution in [0.1, 0.15) is 77.3 Å². The molecule has 1 aromatic carbocycles. The van der Waals surface area contributed by atoms with Crippen LogP contribution in [0.5, 0.6) is 0 Å². The average Bonchev–Trinajstić information content (AvgIpc) is 2.64. The molecule has 2 N–H and O–H groups in total. The van der Waals surface area contributed by atoms with Gasteiger partial charge in [0, 0.05) is 23.9 Å². The fourth-order valence-electron chi connectivity index (χ4n) is 4.27. The normalized spacial score (nSPS) is 21.9. The molecule has 0 aromatic heterocycles. The van der Waals surface area contributed by atoms with Gasteiger partial charge in [0.2, 0.25) is 11.8 Å². The summed E-state index contributed by atoms with van der Waals surface area (Å²) in [6, 6.07) is 7.91. The molecule has 0 aliphatic heterocycles. The number of benzene rings is 1. The smallest absolute Gasteiger partial charge is 0.223 e. The Hall–Kier alpha value is -1.55. The summed E-state index contributed by atoms with van der Waals surface area (Å²) in [7, 11) is 0. The maximum Gasteiger partial charge on any atom is 0.223 e. The molecule has 1 aromatic rings. The molecule has 1 aliphatic carbocycles. The van der Waals surface area contributed by atoms with Crippen molar-refractivity contribution in [3.8, 4) is 0 Å². The predicted molar refractivity (Wildman–Crippen MR) is 111 cm³/mol. The zero-order valence-electron chi connectivity index (χ0n) is 16.8. The lowest BCUT2D eigenvalue weighted by Gasteiger charge is -2.32. The van der Waals surface area contributed by atoms with E-state index in [-0.39, 0.29) is 29.8 Å². The quantitative estimate of drug-likeness (QED) is 0.652. The maximum absolute atomic E-state index is 13.1. The van der Waals surface area contributed by atoms with Gasteiger partial charge >= 0.3 is 0 Å². The van der Waals surface area contributed by atoms with Crippen LogP contribution in [0.25, 0.3) is 0 Å². The van der Waals surface area contributed by atoms with E-state index in [0.29, 0.717) is 10.9 Å². The van der Waals surface area contributed by atoms with Gasteiger partial charge in [-0.2, -0.15) is 0 Å². The van der Waals surface area contributed by atoms with Crippen molar-refractivity contribution in [2.45, 2.75) is 77.8 Å². The van der Waals surface area contributed by atoms with Crippen LogP contribution >= 0.6 is 11.6 Å². The van der Waals surface area contributed by atoms with Crippen molar-refractivity contribution >= 4 is 23.4 Å². The van der Waals surface area contributed by atoms with Gasteiger partial charge in [-0.3, -0.25) is 9.59 Å².